The van der Waals surface area contributed by atoms with E-state index in [4.69, 9.17) is 0 Å². The SMILES string of the molecule is COC(=O)c1ccc(CNCC(=O)NC2CC2)c(Br)c1. The Kier molecular flexibility index (Phi) is 5.14. The summed E-state index contributed by atoms with van der Waals surface area (Å²) in [6, 6.07) is 5.64. The maximum Gasteiger partial charge on any atom is 0.337 e. The van der Waals surface area contributed by atoms with E-state index in [1.54, 1.807) is 12.1 Å². The third-order valence-electron chi connectivity index (χ3n) is 3.02. The summed E-state index contributed by atoms with van der Waals surface area (Å²) >= 11 is 3.41. The topological polar surface area (TPSA) is 67.4 Å². The van der Waals surface area contributed by atoms with Gasteiger partial charge in [0, 0.05) is 17.1 Å². The predicted molar refractivity (Wildman–Crippen MR) is 78.4 cm³/mol. The van der Waals surface area contributed by atoms with E-state index in [0.29, 0.717) is 24.7 Å². The molecule has 5 nitrogen and oxygen atoms in total. The summed E-state index contributed by atoms with van der Waals surface area (Å²) in [6.45, 7) is 0.849. The van der Waals surface area contributed by atoms with Crippen LogP contribution in [0.1, 0.15) is 28.8 Å². The molecule has 0 bridgehead atoms. The van der Waals surface area contributed by atoms with Crippen molar-refractivity contribution in [1.29, 1.82) is 0 Å². The number of ether oxygens (including phenoxy) is 1. The highest BCUT2D eigenvalue weighted by Crippen LogP contribution is 2.19. The summed E-state index contributed by atoms with van der Waals surface area (Å²) in [5.41, 5.74) is 1.48. The highest BCUT2D eigenvalue weighted by Gasteiger charge is 2.22. The lowest BCUT2D eigenvalue weighted by atomic mass is 10.1. The Morgan fingerprint density at radius 1 is 1.40 bits per heavy atom. The second-order valence-electron chi connectivity index (χ2n) is 4.74. The highest BCUT2D eigenvalue weighted by molar-refractivity contribution is 9.10. The van der Waals surface area contributed by atoms with E-state index in [0.717, 1.165) is 22.9 Å². The van der Waals surface area contributed by atoms with Gasteiger partial charge in [-0.05, 0) is 30.5 Å². The lowest BCUT2D eigenvalue weighted by Gasteiger charge is -2.08. The summed E-state index contributed by atoms with van der Waals surface area (Å²) in [4.78, 5) is 22.9. The first-order valence-electron chi connectivity index (χ1n) is 6.47. The van der Waals surface area contributed by atoms with Crippen LogP contribution in [-0.2, 0) is 16.1 Å². The zero-order chi connectivity index (χ0) is 14.5. The van der Waals surface area contributed by atoms with E-state index < -0.39 is 0 Å². The van der Waals surface area contributed by atoms with Gasteiger partial charge in [0.15, 0.2) is 0 Å². The van der Waals surface area contributed by atoms with Gasteiger partial charge >= 0.3 is 5.97 Å². The Hall–Kier alpha value is -1.40. The number of esters is 1. The number of benzene rings is 1. The first-order valence-corrected chi connectivity index (χ1v) is 7.26. The third kappa shape index (κ3) is 4.31. The molecule has 0 saturated heterocycles. The molecule has 0 aromatic heterocycles. The van der Waals surface area contributed by atoms with Crippen LogP contribution in [-0.4, -0.2) is 31.6 Å². The van der Waals surface area contributed by atoms with Crippen molar-refractivity contribution in [2.24, 2.45) is 0 Å². The van der Waals surface area contributed by atoms with Crippen molar-refractivity contribution >= 4 is 27.8 Å². The molecule has 1 fully saturated rings. The smallest absolute Gasteiger partial charge is 0.337 e. The lowest BCUT2D eigenvalue weighted by Crippen LogP contribution is -2.34. The molecule has 1 aliphatic rings. The fourth-order valence-electron chi connectivity index (χ4n) is 1.75. The number of methoxy groups -OCH3 is 1. The summed E-state index contributed by atoms with van der Waals surface area (Å²) in [5, 5.41) is 5.99. The van der Waals surface area contributed by atoms with Crippen molar-refractivity contribution in [1.82, 2.24) is 10.6 Å². The molecule has 1 aromatic rings. The monoisotopic (exact) mass is 340 g/mol. The minimum atomic E-state index is -0.367. The van der Waals surface area contributed by atoms with Crippen LogP contribution in [0.4, 0.5) is 0 Å². The lowest BCUT2D eigenvalue weighted by molar-refractivity contribution is -0.120. The van der Waals surface area contributed by atoms with Crippen molar-refractivity contribution < 1.29 is 14.3 Å². The Balaban J connectivity index is 1.83. The summed E-state index contributed by atoms with van der Waals surface area (Å²) in [6.07, 6.45) is 2.18. The number of halogens is 1. The first kappa shape index (κ1) is 15.0. The van der Waals surface area contributed by atoms with E-state index in [-0.39, 0.29) is 11.9 Å². The Bertz CT molecular complexity index is 515. The highest BCUT2D eigenvalue weighted by atomic mass is 79.9. The minimum Gasteiger partial charge on any atom is -0.465 e. The Labute approximate surface area is 126 Å². The van der Waals surface area contributed by atoms with E-state index in [1.165, 1.54) is 7.11 Å². The molecule has 2 N–H and O–H groups in total. The fourth-order valence-corrected chi connectivity index (χ4v) is 2.27. The standard InChI is InChI=1S/C14H17BrN2O3/c1-20-14(19)9-2-3-10(12(15)6-9)7-16-8-13(18)17-11-4-5-11/h2-3,6,11,16H,4-5,7-8H2,1H3,(H,17,18). The maximum atomic E-state index is 11.5. The van der Waals surface area contributed by atoms with Gasteiger partial charge < -0.3 is 15.4 Å². The normalized spacial score (nSPS) is 13.9. The molecule has 2 rings (SSSR count). The zero-order valence-electron chi connectivity index (χ0n) is 11.2. The summed E-state index contributed by atoms with van der Waals surface area (Å²) in [5.74, 6) is -0.344. The van der Waals surface area contributed by atoms with Gasteiger partial charge in [0.05, 0.1) is 19.2 Å². The average molecular weight is 341 g/mol. The first-order chi connectivity index (χ1) is 9.60. The molecule has 6 heteroatoms. The van der Waals surface area contributed by atoms with E-state index in [9.17, 15) is 9.59 Å². The molecule has 0 unspecified atom stereocenters. The van der Waals surface area contributed by atoms with Gasteiger partial charge in [0.2, 0.25) is 5.91 Å². The van der Waals surface area contributed by atoms with Crippen molar-refractivity contribution in [3.63, 3.8) is 0 Å². The van der Waals surface area contributed by atoms with Crippen LogP contribution >= 0.6 is 15.9 Å². The molecule has 0 radical (unpaired) electrons. The number of carbonyl (C=O) groups excluding carboxylic acids is 2. The Morgan fingerprint density at radius 3 is 2.75 bits per heavy atom. The van der Waals surface area contributed by atoms with E-state index in [2.05, 4.69) is 31.3 Å². The second kappa shape index (κ2) is 6.85. The molecule has 0 aliphatic heterocycles. The number of carbonyl (C=O) groups is 2. The molecule has 0 spiro atoms. The minimum absolute atomic E-state index is 0.0230. The molecule has 1 aromatic carbocycles. The number of hydrogen-bond donors (Lipinski definition) is 2. The van der Waals surface area contributed by atoms with Crippen LogP contribution < -0.4 is 10.6 Å². The van der Waals surface area contributed by atoms with Gasteiger partial charge in [-0.1, -0.05) is 22.0 Å². The number of hydrogen-bond acceptors (Lipinski definition) is 4. The van der Waals surface area contributed by atoms with Crippen LogP contribution in [0.3, 0.4) is 0 Å². The molecule has 0 atom stereocenters. The molecule has 1 saturated carbocycles. The van der Waals surface area contributed by atoms with E-state index >= 15 is 0 Å². The summed E-state index contributed by atoms with van der Waals surface area (Å²) < 4.78 is 5.47. The van der Waals surface area contributed by atoms with Crippen molar-refractivity contribution in [3.8, 4) is 0 Å². The number of rotatable bonds is 6. The second-order valence-corrected chi connectivity index (χ2v) is 5.60. The molecule has 108 valence electrons. The molecule has 1 amide bonds. The van der Waals surface area contributed by atoms with E-state index in [1.807, 2.05) is 6.07 Å². The van der Waals surface area contributed by atoms with Crippen molar-refractivity contribution in [3.05, 3.63) is 33.8 Å². The molecule has 20 heavy (non-hydrogen) atoms. The van der Waals surface area contributed by atoms with Crippen LogP contribution in [0.15, 0.2) is 22.7 Å². The third-order valence-corrected chi connectivity index (χ3v) is 3.76. The molecular formula is C14H17BrN2O3. The van der Waals surface area contributed by atoms with Crippen molar-refractivity contribution in [2.75, 3.05) is 13.7 Å². The van der Waals surface area contributed by atoms with Gasteiger partial charge in [0.1, 0.15) is 0 Å². The Morgan fingerprint density at radius 2 is 2.15 bits per heavy atom. The molecule has 1 aliphatic carbocycles. The van der Waals surface area contributed by atoms with Crippen LogP contribution in [0.25, 0.3) is 0 Å². The average Bonchev–Trinajstić information content (AvgIpc) is 3.23. The zero-order valence-corrected chi connectivity index (χ0v) is 12.8. The number of amides is 1. The van der Waals surface area contributed by atoms with Crippen LogP contribution in [0, 0.1) is 0 Å². The molecular weight excluding hydrogens is 324 g/mol. The van der Waals surface area contributed by atoms with Crippen LogP contribution in [0.2, 0.25) is 0 Å². The van der Waals surface area contributed by atoms with Crippen molar-refractivity contribution in [2.45, 2.75) is 25.4 Å². The quantitative estimate of drug-likeness (QED) is 0.772. The van der Waals surface area contributed by atoms with Gasteiger partial charge in [-0.3, -0.25) is 4.79 Å². The summed E-state index contributed by atoms with van der Waals surface area (Å²) in [7, 11) is 1.35. The molecule has 0 heterocycles. The predicted octanol–water partition coefficient (Wildman–Crippen LogP) is 1.60. The van der Waals surface area contributed by atoms with Gasteiger partial charge in [-0.25, -0.2) is 4.79 Å². The number of nitrogens with one attached hydrogen (secondary N) is 2. The van der Waals surface area contributed by atoms with Crippen LogP contribution in [0.5, 0.6) is 0 Å². The largest absolute Gasteiger partial charge is 0.465 e. The maximum absolute atomic E-state index is 11.5. The fraction of sp³-hybridized carbons (Fsp3) is 0.429. The van der Waals surface area contributed by atoms with Gasteiger partial charge in [-0.15, -0.1) is 0 Å². The van der Waals surface area contributed by atoms with Gasteiger partial charge in [-0.2, -0.15) is 0 Å². The van der Waals surface area contributed by atoms with Gasteiger partial charge in [0.25, 0.3) is 0 Å².